The molecule has 0 radical (unpaired) electrons. The lowest BCUT2D eigenvalue weighted by atomic mass is 10.1. The van der Waals surface area contributed by atoms with Crippen molar-refractivity contribution in [3.05, 3.63) is 77.9 Å². The number of rotatable bonds is 6. The van der Waals surface area contributed by atoms with Gasteiger partial charge in [0.05, 0.1) is 0 Å². The van der Waals surface area contributed by atoms with Crippen molar-refractivity contribution in [2.45, 2.75) is 38.9 Å². The first-order valence-electron chi connectivity index (χ1n) is 8.35. The smallest absolute Gasteiger partial charge is 0.431 e. The monoisotopic (exact) mass is 339 g/mol. The van der Waals surface area contributed by atoms with Gasteiger partial charge in [0.2, 0.25) is 0 Å². The van der Waals surface area contributed by atoms with E-state index in [4.69, 9.17) is 9.57 Å². The van der Waals surface area contributed by atoms with Crippen LogP contribution in [0.3, 0.4) is 0 Å². The maximum absolute atomic E-state index is 11.8. The molecule has 0 bridgehead atoms. The van der Waals surface area contributed by atoms with Gasteiger partial charge in [-0.1, -0.05) is 72.8 Å². The lowest BCUT2D eigenvalue weighted by Gasteiger charge is -2.21. The van der Waals surface area contributed by atoms with E-state index in [-0.39, 0.29) is 6.10 Å². The number of hydrogen-bond acceptors (Lipinski definition) is 3. The van der Waals surface area contributed by atoms with E-state index in [1.165, 1.54) is 0 Å². The quantitative estimate of drug-likeness (QED) is 0.728. The Morgan fingerprint density at radius 2 is 1.64 bits per heavy atom. The van der Waals surface area contributed by atoms with E-state index >= 15 is 0 Å². The van der Waals surface area contributed by atoms with Crippen molar-refractivity contribution < 1.29 is 14.4 Å². The molecule has 0 saturated carbocycles. The van der Waals surface area contributed by atoms with Crippen molar-refractivity contribution in [1.29, 1.82) is 0 Å². The second-order valence-electron chi connectivity index (χ2n) is 6.67. The van der Waals surface area contributed by atoms with Gasteiger partial charge in [0, 0.05) is 0 Å². The molecular formula is C21H25NO3. The molecule has 132 valence electrons. The van der Waals surface area contributed by atoms with Crippen molar-refractivity contribution >= 4 is 12.2 Å². The number of hydrogen-bond donors (Lipinski definition) is 1. The van der Waals surface area contributed by atoms with Crippen molar-refractivity contribution in [3.63, 3.8) is 0 Å². The Hall–Kier alpha value is -2.59. The molecule has 1 N–H and O–H groups in total. The van der Waals surface area contributed by atoms with E-state index < -0.39 is 11.7 Å². The van der Waals surface area contributed by atoms with Crippen molar-refractivity contribution in [3.8, 4) is 0 Å². The first-order chi connectivity index (χ1) is 11.9. The van der Waals surface area contributed by atoms with Crippen LogP contribution in [0.15, 0.2) is 66.7 Å². The molecule has 25 heavy (non-hydrogen) atoms. The normalized spacial score (nSPS) is 12.8. The summed E-state index contributed by atoms with van der Waals surface area (Å²) < 4.78 is 5.20. The molecule has 2 aromatic rings. The fraction of sp³-hybridized carbons (Fsp3) is 0.286. The number of amides is 1. The van der Waals surface area contributed by atoms with Gasteiger partial charge in [-0.25, -0.2) is 4.79 Å². The van der Waals surface area contributed by atoms with E-state index in [9.17, 15) is 4.79 Å². The largest absolute Gasteiger partial charge is 0.442 e. The third kappa shape index (κ3) is 7.23. The second kappa shape index (κ2) is 9.04. The van der Waals surface area contributed by atoms with Crippen LogP contribution in [-0.4, -0.2) is 11.7 Å². The Morgan fingerprint density at radius 1 is 1.04 bits per heavy atom. The summed E-state index contributed by atoms with van der Waals surface area (Å²) in [6.07, 6.45) is 3.79. The van der Waals surface area contributed by atoms with Crippen molar-refractivity contribution in [1.82, 2.24) is 5.48 Å². The molecule has 4 heteroatoms. The van der Waals surface area contributed by atoms with Crippen LogP contribution in [0.5, 0.6) is 0 Å². The van der Waals surface area contributed by atoms with E-state index in [1.54, 1.807) is 0 Å². The van der Waals surface area contributed by atoms with Crippen LogP contribution in [0, 0.1) is 0 Å². The Balaban J connectivity index is 1.99. The highest BCUT2D eigenvalue weighted by atomic mass is 16.7. The molecule has 0 aliphatic heterocycles. The molecule has 0 aromatic heterocycles. The summed E-state index contributed by atoms with van der Waals surface area (Å²) in [5, 5.41) is 0. The van der Waals surface area contributed by atoms with Gasteiger partial charge in [-0.15, -0.1) is 0 Å². The second-order valence-corrected chi connectivity index (χ2v) is 6.67. The van der Waals surface area contributed by atoms with Crippen LogP contribution >= 0.6 is 0 Å². The summed E-state index contributed by atoms with van der Waals surface area (Å²) in [5.41, 5.74) is 3.93. The van der Waals surface area contributed by atoms with Gasteiger partial charge in [-0.2, -0.15) is 5.48 Å². The zero-order valence-corrected chi connectivity index (χ0v) is 14.9. The topological polar surface area (TPSA) is 47.6 Å². The Kier molecular flexibility index (Phi) is 6.78. The third-order valence-electron chi connectivity index (χ3n) is 3.31. The highest BCUT2D eigenvalue weighted by Gasteiger charge is 2.18. The summed E-state index contributed by atoms with van der Waals surface area (Å²) >= 11 is 0. The van der Waals surface area contributed by atoms with Crippen molar-refractivity contribution in [2.75, 3.05) is 0 Å². The molecule has 1 unspecified atom stereocenters. The van der Waals surface area contributed by atoms with Gasteiger partial charge in [0.1, 0.15) is 11.7 Å². The van der Waals surface area contributed by atoms with Gasteiger partial charge >= 0.3 is 6.09 Å². The molecule has 2 rings (SSSR count). The molecule has 0 heterocycles. The maximum Gasteiger partial charge on any atom is 0.431 e. The molecule has 0 saturated heterocycles. The summed E-state index contributed by atoms with van der Waals surface area (Å²) in [4.78, 5) is 17.4. The lowest BCUT2D eigenvalue weighted by Crippen LogP contribution is -2.33. The average Bonchev–Trinajstić information content (AvgIpc) is 2.58. The Bertz CT molecular complexity index is 675. The van der Waals surface area contributed by atoms with Gasteiger partial charge in [-0.3, -0.25) is 4.84 Å². The van der Waals surface area contributed by atoms with Crippen LogP contribution in [-0.2, 0) is 9.57 Å². The number of hydroxylamine groups is 1. The molecule has 1 atom stereocenters. The van der Waals surface area contributed by atoms with Crippen molar-refractivity contribution in [2.24, 2.45) is 0 Å². The Morgan fingerprint density at radius 3 is 2.24 bits per heavy atom. The predicted molar refractivity (Wildman–Crippen MR) is 99.7 cm³/mol. The SMILES string of the molecule is CC(C)(C)OC(=O)NOC(CC=Cc1ccccc1)c1ccccc1. The highest BCUT2D eigenvalue weighted by Crippen LogP contribution is 2.21. The zero-order valence-electron chi connectivity index (χ0n) is 14.9. The summed E-state index contributed by atoms with van der Waals surface area (Å²) in [7, 11) is 0. The van der Waals surface area contributed by atoms with Crippen LogP contribution in [0.25, 0.3) is 6.08 Å². The molecular weight excluding hydrogens is 314 g/mol. The fourth-order valence-electron chi connectivity index (χ4n) is 2.23. The van der Waals surface area contributed by atoms with Gasteiger partial charge in [0.15, 0.2) is 0 Å². The highest BCUT2D eigenvalue weighted by molar-refractivity contribution is 5.66. The fourth-order valence-corrected chi connectivity index (χ4v) is 2.23. The number of benzene rings is 2. The minimum Gasteiger partial charge on any atom is -0.442 e. The Labute approximate surface area is 149 Å². The van der Waals surface area contributed by atoms with E-state index in [1.807, 2.05) is 93.6 Å². The first-order valence-corrected chi connectivity index (χ1v) is 8.35. The van der Waals surface area contributed by atoms with Crippen LogP contribution < -0.4 is 5.48 Å². The number of carbonyl (C=O) groups is 1. The number of ether oxygens (including phenoxy) is 1. The van der Waals surface area contributed by atoms with E-state index in [0.717, 1.165) is 11.1 Å². The van der Waals surface area contributed by atoms with Gasteiger partial charge in [0.25, 0.3) is 0 Å². The molecule has 0 aliphatic rings. The van der Waals surface area contributed by atoms with Gasteiger partial charge < -0.3 is 4.74 Å². The van der Waals surface area contributed by atoms with Crippen LogP contribution in [0.1, 0.15) is 44.4 Å². The van der Waals surface area contributed by atoms with Crippen LogP contribution in [0.2, 0.25) is 0 Å². The van der Waals surface area contributed by atoms with E-state index in [2.05, 4.69) is 5.48 Å². The summed E-state index contributed by atoms with van der Waals surface area (Å²) in [6, 6.07) is 19.8. The molecule has 0 aliphatic carbocycles. The minimum absolute atomic E-state index is 0.298. The molecule has 1 amide bonds. The molecule has 2 aromatic carbocycles. The van der Waals surface area contributed by atoms with Crippen LogP contribution in [0.4, 0.5) is 4.79 Å². The summed E-state index contributed by atoms with van der Waals surface area (Å²) in [5.74, 6) is 0. The predicted octanol–water partition coefficient (Wildman–Crippen LogP) is 5.29. The maximum atomic E-state index is 11.8. The minimum atomic E-state index is -0.597. The summed E-state index contributed by atoms with van der Waals surface area (Å²) in [6.45, 7) is 5.43. The standard InChI is InChI=1S/C21H25NO3/c1-21(2,3)24-20(23)22-25-19(18-14-8-5-9-15-18)16-10-13-17-11-6-4-7-12-17/h4-15,19H,16H2,1-3H3,(H,22,23). The zero-order chi connectivity index (χ0) is 18.1. The molecule has 0 spiro atoms. The number of carbonyl (C=O) groups excluding carboxylic acids is 1. The lowest BCUT2D eigenvalue weighted by molar-refractivity contribution is -0.0425. The molecule has 4 nitrogen and oxygen atoms in total. The average molecular weight is 339 g/mol. The van der Waals surface area contributed by atoms with E-state index in [0.29, 0.717) is 6.42 Å². The van der Waals surface area contributed by atoms with Gasteiger partial charge in [-0.05, 0) is 38.3 Å². The molecule has 0 fully saturated rings. The third-order valence-corrected chi connectivity index (χ3v) is 3.31. The number of nitrogens with one attached hydrogen (secondary N) is 1. The first kappa shape index (κ1) is 18.7.